The maximum Gasteiger partial charge on any atom is 0.165 e. The lowest BCUT2D eigenvalue weighted by Crippen LogP contribution is -2.02. The van der Waals surface area contributed by atoms with Gasteiger partial charge < -0.3 is 14.8 Å². The fourth-order valence-corrected chi connectivity index (χ4v) is 1.98. The van der Waals surface area contributed by atoms with Gasteiger partial charge in [0.05, 0.1) is 25.0 Å². The smallest absolute Gasteiger partial charge is 0.165 e. The van der Waals surface area contributed by atoms with Crippen LogP contribution in [0.25, 0.3) is 11.4 Å². The summed E-state index contributed by atoms with van der Waals surface area (Å²) in [6, 6.07) is 7.20. The van der Waals surface area contributed by atoms with E-state index in [2.05, 4.69) is 15.3 Å². The number of nitrogens with one attached hydrogen (secondary N) is 1. The first-order chi connectivity index (χ1) is 9.67. The molecule has 0 bridgehead atoms. The molecule has 1 N–H and O–H groups in total. The maximum atomic E-state index is 5.97. The number of aromatic nitrogens is 2. The van der Waals surface area contributed by atoms with Gasteiger partial charge in [0.15, 0.2) is 5.82 Å². The van der Waals surface area contributed by atoms with Crippen LogP contribution in [0, 0.1) is 0 Å². The zero-order valence-electron chi connectivity index (χ0n) is 11.6. The van der Waals surface area contributed by atoms with Gasteiger partial charge in [0.25, 0.3) is 0 Å². The van der Waals surface area contributed by atoms with Gasteiger partial charge in [-0.25, -0.2) is 9.97 Å². The Morgan fingerprint density at radius 2 is 2.00 bits per heavy atom. The Kier molecular flexibility index (Phi) is 4.76. The molecule has 0 aliphatic rings. The average Bonchev–Trinajstić information content (AvgIpc) is 2.47. The van der Waals surface area contributed by atoms with Gasteiger partial charge in [-0.15, -0.1) is 0 Å². The third kappa shape index (κ3) is 3.18. The predicted molar refractivity (Wildman–Crippen MR) is 79.3 cm³/mol. The van der Waals surface area contributed by atoms with Crippen LogP contribution < -0.4 is 10.1 Å². The second-order valence-electron chi connectivity index (χ2n) is 4.10. The normalized spacial score (nSPS) is 10.4. The van der Waals surface area contributed by atoms with Gasteiger partial charge in [0, 0.05) is 25.2 Å². The first-order valence-corrected chi connectivity index (χ1v) is 6.44. The highest BCUT2D eigenvalue weighted by Gasteiger charge is 2.12. The summed E-state index contributed by atoms with van der Waals surface area (Å²) >= 11 is 5.97. The third-order valence-electron chi connectivity index (χ3n) is 2.73. The number of rotatable bonds is 5. The van der Waals surface area contributed by atoms with E-state index in [1.807, 2.05) is 19.2 Å². The van der Waals surface area contributed by atoms with E-state index >= 15 is 0 Å². The minimum atomic E-state index is 0.417. The molecule has 106 valence electrons. The Balaban J connectivity index is 2.53. The summed E-state index contributed by atoms with van der Waals surface area (Å²) in [5.41, 5.74) is 1.57. The van der Waals surface area contributed by atoms with Crippen LogP contribution in [0.15, 0.2) is 24.3 Å². The Hall–Kier alpha value is -1.85. The van der Waals surface area contributed by atoms with E-state index in [9.17, 15) is 0 Å². The lowest BCUT2D eigenvalue weighted by molar-refractivity contribution is 0.181. The van der Waals surface area contributed by atoms with Crippen LogP contribution in [0.1, 0.15) is 5.69 Å². The average molecular weight is 294 g/mol. The topological polar surface area (TPSA) is 56.3 Å². The lowest BCUT2D eigenvalue weighted by atomic mass is 10.2. The summed E-state index contributed by atoms with van der Waals surface area (Å²) in [5.74, 6) is 1.92. The van der Waals surface area contributed by atoms with Crippen molar-refractivity contribution in [2.75, 3.05) is 26.6 Å². The second-order valence-corrected chi connectivity index (χ2v) is 4.53. The molecule has 0 radical (unpaired) electrons. The van der Waals surface area contributed by atoms with Crippen molar-refractivity contribution in [3.63, 3.8) is 0 Å². The summed E-state index contributed by atoms with van der Waals surface area (Å²) in [7, 11) is 5.03. The quantitative estimate of drug-likeness (QED) is 0.918. The summed E-state index contributed by atoms with van der Waals surface area (Å²) in [5, 5.41) is 3.62. The van der Waals surface area contributed by atoms with Gasteiger partial charge in [-0.3, -0.25) is 0 Å². The van der Waals surface area contributed by atoms with Crippen molar-refractivity contribution in [1.82, 2.24) is 9.97 Å². The highest BCUT2D eigenvalue weighted by atomic mass is 35.5. The number of hydrogen-bond acceptors (Lipinski definition) is 5. The summed E-state index contributed by atoms with van der Waals surface area (Å²) in [6.45, 7) is 0.417. The minimum Gasteiger partial charge on any atom is -0.496 e. The molecule has 6 heteroatoms. The van der Waals surface area contributed by atoms with Crippen molar-refractivity contribution in [2.45, 2.75) is 6.61 Å². The molecule has 5 nitrogen and oxygen atoms in total. The predicted octanol–water partition coefficient (Wildman–Crippen LogP) is 2.99. The van der Waals surface area contributed by atoms with Crippen LogP contribution in [-0.2, 0) is 11.3 Å². The van der Waals surface area contributed by atoms with Crippen LogP contribution in [0.3, 0.4) is 0 Å². The highest BCUT2D eigenvalue weighted by molar-refractivity contribution is 6.30. The zero-order valence-corrected chi connectivity index (χ0v) is 12.4. The fourth-order valence-electron chi connectivity index (χ4n) is 1.82. The van der Waals surface area contributed by atoms with Crippen LogP contribution in [0.5, 0.6) is 5.75 Å². The molecule has 0 aliphatic heterocycles. The number of ether oxygens (including phenoxy) is 2. The van der Waals surface area contributed by atoms with Crippen molar-refractivity contribution in [1.29, 1.82) is 0 Å². The molecule has 0 atom stereocenters. The Morgan fingerprint density at radius 3 is 2.65 bits per heavy atom. The molecule has 0 aliphatic carbocycles. The second kappa shape index (κ2) is 6.54. The molecule has 0 unspecified atom stereocenters. The molecule has 1 aromatic carbocycles. The van der Waals surface area contributed by atoms with Crippen molar-refractivity contribution in [3.8, 4) is 17.1 Å². The molecule has 20 heavy (non-hydrogen) atoms. The number of halogens is 1. The van der Waals surface area contributed by atoms with E-state index in [0.29, 0.717) is 23.2 Å². The van der Waals surface area contributed by atoms with Gasteiger partial charge in [-0.2, -0.15) is 0 Å². The lowest BCUT2D eigenvalue weighted by Gasteiger charge is -2.11. The van der Waals surface area contributed by atoms with Crippen molar-refractivity contribution in [2.24, 2.45) is 0 Å². The van der Waals surface area contributed by atoms with Crippen molar-refractivity contribution >= 4 is 17.4 Å². The van der Waals surface area contributed by atoms with Gasteiger partial charge in [0.2, 0.25) is 0 Å². The van der Waals surface area contributed by atoms with E-state index in [0.717, 1.165) is 17.1 Å². The standard InChI is InChI=1S/C14H16ClN3O2/c1-16-13-7-10(8-19-2)17-14(18-13)11-5-4-9(15)6-12(11)20-3/h4-7H,8H2,1-3H3,(H,16,17,18). The van der Waals surface area contributed by atoms with E-state index in [1.54, 1.807) is 26.4 Å². The zero-order chi connectivity index (χ0) is 14.5. The molecule has 0 spiro atoms. The summed E-state index contributed by atoms with van der Waals surface area (Å²) in [6.07, 6.45) is 0. The molecule has 2 rings (SSSR count). The largest absolute Gasteiger partial charge is 0.496 e. The SMILES string of the molecule is CNc1cc(COC)nc(-c2ccc(Cl)cc2OC)n1. The molecule has 2 aromatic rings. The number of methoxy groups -OCH3 is 2. The third-order valence-corrected chi connectivity index (χ3v) is 2.97. The van der Waals surface area contributed by atoms with Crippen molar-refractivity contribution < 1.29 is 9.47 Å². The monoisotopic (exact) mass is 293 g/mol. The molecule has 1 aromatic heterocycles. The minimum absolute atomic E-state index is 0.417. The fraction of sp³-hybridized carbons (Fsp3) is 0.286. The number of hydrogen-bond donors (Lipinski definition) is 1. The molecule has 1 heterocycles. The highest BCUT2D eigenvalue weighted by Crippen LogP contribution is 2.31. The first kappa shape index (κ1) is 14.6. The van der Waals surface area contributed by atoms with Gasteiger partial charge >= 0.3 is 0 Å². The van der Waals surface area contributed by atoms with Gasteiger partial charge in [0.1, 0.15) is 11.6 Å². The molecule has 0 amide bonds. The van der Waals surface area contributed by atoms with Crippen molar-refractivity contribution in [3.05, 3.63) is 35.0 Å². The molecule has 0 saturated carbocycles. The molecule has 0 fully saturated rings. The van der Waals surface area contributed by atoms with E-state index in [4.69, 9.17) is 21.1 Å². The molecule has 0 saturated heterocycles. The number of benzene rings is 1. The van der Waals surface area contributed by atoms with E-state index in [-0.39, 0.29) is 0 Å². The Bertz CT molecular complexity index is 605. The van der Waals surface area contributed by atoms with Crippen LogP contribution in [0.2, 0.25) is 5.02 Å². The van der Waals surface area contributed by atoms with E-state index in [1.165, 1.54) is 0 Å². The maximum absolute atomic E-state index is 5.97. The van der Waals surface area contributed by atoms with Gasteiger partial charge in [-0.1, -0.05) is 11.6 Å². The number of anilines is 1. The summed E-state index contributed by atoms with van der Waals surface area (Å²) in [4.78, 5) is 8.92. The van der Waals surface area contributed by atoms with Crippen LogP contribution in [0.4, 0.5) is 5.82 Å². The summed E-state index contributed by atoms with van der Waals surface area (Å²) < 4.78 is 10.5. The van der Waals surface area contributed by atoms with Gasteiger partial charge in [-0.05, 0) is 18.2 Å². The van der Waals surface area contributed by atoms with E-state index < -0.39 is 0 Å². The number of nitrogens with zero attached hydrogens (tertiary/aromatic N) is 2. The molecular weight excluding hydrogens is 278 g/mol. The van der Waals surface area contributed by atoms with Crippen LogP contribution in [-0.4, -0.2) is 31.2 Å². The Morgan fingerprint density at radius 1 is 1.20 bits per heavy atom. The van der Waals surface area contributed by atoms with Crippen LogP contribution >= 0.6 is 11.6 Å². The Labute approximate surface area is 122 Å². The molecular formula is C14H16ClN3O2. The first-order valence-electron chi connectivity index (χ1n) is 6.06.